The Morgan fingerprint density at radius 1 is 0.933 bits per heavy atom. The number of fused-ring (bicyclic) bond motifs is 4. The van der Waals surface area contributed by atoms with Gasteiger partial charge in [0.2, 0.25) is 5.88 Å². The summed E-state index contributed by atoms with van der Waals surface area (Å²) in [6.07, 6.45) is 1.07. The van der Waals surface area contributed by atoms with E-state index in [1.807, 2.05) is 48.2 Å². The highest BCUT2D eigenvalue weighted by Crippen LogP contribution is 2.47. The van der Waals surface area contributed by atoms with Gasteiger partial charge in [0.25, 0.3) is 0 Å². The minimum atomic E-state index is 0.148. The minimum absolute atomic E-state index is 0.148. The number of ether oxygens (including phenoxy) is 1. The molecule has 0 amide bonds. The van der Waals surface area contributed by atoms with Crippen molar-refractivity contribution in [2.24, 2.45) is 4.99 Å². The Morgan fingerprint density at radius 2 is 1.83 bits per heavy atom. The molecule has 146 valence electrons. The molecule has 2 aliphatic rings. The van der Waals surface area contributed by atoms with Gasteiger partial charge >= 0.3 is 0 Å². The van der Waals surface area contributed by atoms with Crippen molar-refractivity contribution in [3.05, 3.63) is 95.6 Å². The molecule has 5 heteroatoms. The maximum atomic E-state index is 10.1. The third-order valence-corrected chi connectivity index (χ3v) is 6.93. The summed E-state index contributed by atoms with van der Waals surface area (Å²) < 4.78 is 6.01. The van der Waals surface area contributed by atoms with Gasteiger partial charge in [0.15, 0.2) is 0 Å². The molecule has 30 heavy (non-hydrogen) atoms. The molecule has 0 saturated carbocycles. The van der Waals surface area contributed by atoms with Crippen molar-refractivity contribution >= 4 is 27.7 Å². The smallest absolute Gasteiger partial charge is 0.219 e. The van der Waals surface area contributed by atoms with Crippen LogP contribution in [0.4, 0.5) is 0 Å². The van der Waals surface area contributed by atoms with Crippen molar-refractivity contribution in [1.29, 1.82) is 0 Å². The van der Waals surface area contributed by atoms with Gasteiger partial charge in [0.05, 0.1) is 11.1 Å². The molecule has 0 unspecified atom stereocenters. The second-order valence-electron chi connectivity index (χ2n) is 7.57. The van der Waals surface area contributed by atoms with Gasteiger partial charge in [-0.05, 0) is 41.8 Å². The first kappa shape index (κ1) is 17.5. The molecule has 2 heterocycles. The number of hydrogen-bond acceptors (Lipinski definition) is 5. The summed E-state index contributed by atoms with van der Waals surface area (Å²) >= 11 is 1.86. The van der Waals surface area contributed by atoms with E-state index in [2.05, 4.69) is 35.3 Å². The fourth-order valence-electron chi connectivity index (χ4n) is 4.22. The largest absolute Gasteiger partial charge is 0.506 e. The van der Waals surface area contributed by atoms with E-state index in [4.69, 9.17) is 9.73 Å². The lowest BCUT2D eigenvalue weighted by Gasteiger charge is -2.09. The molecule has 4 aromatic rings. The van der Waals surface area contributed by atoms with Gasteiger partial charge in [-0.3, -0.25) is 4.99 Å². The number of benzene rings is 3. The number of hydrogen-bond donors (Lipinski definition) is 1. The van der Waals surface area contributed by atoms with Gasteiger partial charge in [-0.25, -0.2) is 4.98 Å². The maximum absolute atomic E-state index is 10.1. The average molecular weight is 410 g/mol. The Hall–Kier alpha value is -3.31. The Balaban J connectivity index is 1.29. The molecule has 0 bridgehead atoms. The van der Waals surface area contributed by atoms with Gasteiger partial charge in [-0.15, -0.1) is 0 Å². The lowest BCUT2D eigenvalue weighted by molar-refractivity contribution is 0.460. The number of aliphatic imine (C=N–C) groups is 1. The van der Waals surface area contributed by atoms with Crippen LogP contribution >= 0.6 is 11.8 Å². The Bertz CT molecular complexity index is 1320. The number of aromatic hydroxyl groups is 1. The summed E-state index contributed by atoms with van der Waals surface area (Å²) in [6.45, 7) is 0. The predicted molar refractivity (Wildman–Crippen MR) is 121 cm³/mol. The van der Waals surface area contributed by atoms with Gasteiger partial charge in [0, 0.05) is 22.3 Å². The highest BCUT2D eigenvalue weighted by atomic mass is 32.2. The summed E-state index contributed by atoms with van der Waals surface area (Å²) in [7, 11) is 0. The van der Waals surface area contributed by atoms with Crippen LogP contribution in [0.2, 0.25) is 0 Å². The van der Waals surface area contributed by atoms with Crippen LogP contribution in [0.3, 0.4) is 0 Å². The minimum Gasteiger partial charge on any atom is -0.506 e. The molecule has 0 radical (unpaired) electrons. The number of aromatic nitrogens is 1. The van der Waals surface area contributed by atoms with Crippen molar-refractivity contribution in [3.63, 3.8) is 0 Å². The molecule has 3 aromatic carbocycles. The number of para-hydroxylation sites is 1. The molecule has 4 nitrogen and oxygen atoms in total. The molecular weight excluding hydrogens is 392 g/mol. The predicted octanol–water partition coefficient (Wildman–Crippen LogP) is 5.89. The van der Waals surface area contributed by atoms with E-state index in [1.54, 1.807) is 12.1 Å². The Kier molecular flexibility index (Phi) is 4.03. The highest BCUT2D eigenvalue weighted by molar-refractivity contribution is 8.15. The van der Waals surface area contributed by atoms with Crippen LogP contribution in [-0.2, 0) is 6.42 Å². The fraction of sp³-hybridized carbons (Fsp3) is 0.120. The van der Waals surface area contributed by atoms with Gasteiger partial charge in [-0.1, -0.05) is 60.3 Å². The summed E-state index contributed by atoms with van der Waals surface area (Å²) in [5.74, 6) is 1.30. The van der Waals surface area contributed by atoms with Crippen LogP contribution < -0.4 is 4.74 Å². The number of phenolic OH excluding ortho intramolecular Hbond substituents is 1. The van der Waals surface area contributed by atoms with E-state index in [1.165, 1.54) is 11.1 Å². The standard InChI is InChI=1S/C25H18N2O2S/c28-20-10-4-6-15-11-12-22(26-23(15)20)29-18-8-3-7-17(13-18)25-27-24-19-9-2-1-5-16(19)14-21(24)30-25/h1-13,21,24,28H,14H2/t21-,24-/m0/s1. The van der Waals surface area contributed by atoms with Gasteiger partial charge in [-0.2, -0.15) is 0 Å². The van der Waals surface area contributed by atoms with E-state index in [-0.39, 0.29) is 11.8 Å². The number of rotatable bonds is 3. The quantitative estimate of drug-likeness (QED) is 0.457. The van der Waals surface area contributed by atoms with E-state index in [0.717, 1.165) is 22.4 Å². The van der Waals surface area contributed by atoms with Gasteiger partial charge < -0.3 is 9.84 Å². The second kappa shape index (κ2) is 6.89. The van der Waals surface area contributed by atoms with Crippen molar-refractivity contribution in [3.8, 4) is 17.4 Å². The van der Waals surface area contributed by atoms with Crippen LogP contribution in [0.1, 0.15) is 22.7 Å². The zero-order valence-corrected chi connectivity index (χ0v) is 16.8. The number of thioether (sulfide) groups is 1. The van der Waals surface area contributed by atoms with E-state index in [0.29, 0.717) is 22.4 Å². The van der Waals surface area contributed by atoms with Crippen molar-refractivity contribution in [1.82, 2.24) is 4.98 Å². The monoisotopic (exact) mass is 410 g/mol. The Labute approximate surface area is 178 Å². The maximum Gasteiger partial charge on any atom is 0.219 e. The van der Waals surface area contributed by atoms with Crippen LogP contribution in [0, 0.1) is 0 Å². The van der Waals surface area contributed by atoms with Crippen LogP contribution in [0.15, 0.2) is 83.9 Å². The number of pyridine rings is 1. The molecule has 1 aliphatic heterocycles. The van der Waals surface area contributed by atoms with Crippen molar-refractivity contribution in [2.75, 3.05) is 0 Å². The second-order valence-corrected chi connectivity index (χ2v) is 8.79. The summed E-state index contributed by atoms with van der Waals surface area (Å²) in [5.41, 5.74) is 4.38. The molecule has 2 atom stereocenters. The van der Waals surface area contributed by atoms with E-state index in [9.17, 15) is 5.11 Å². The van der Waals surface area contributed by atoms with Gasteiger partial charge in [0.1, 0.15) is 17.0 Å². The van der Waals surface area contributed by atoms with Crippen molar-refractivity contribution in [2.45, 2.75) is 17.7 Å². The normalized spacial score (nSPS) is 19.4. The van der Waals surface area contributed by atoms with Crippen LogP contribution in [0.25, 0.3) is 10.9 Å². The lowest BCUT2D eigenvalue weighted by Crippen LogP contribution is -2.02. The first-order valence-electron chi connectivity index (χ1n) is 9.94. The fourth-order valence-corrected chi connectivity index (χ4v) is 5.55. The molecule has 0 saturated heterocycles. The molecule has 1 aromatic heterocycles. The zero-order valence-electron chi connectivity index (χ0n) is 16.0. The topological polar surface area (TPSA) is 54.7 Å². The summed E-state index contributed by atoms with van der Waals surface area (Å²) in [5, 5.41) is 12.5. The van der Waals surface area contributed by atoms with Crippen molar-refractivity contribution < 1.29 is 9.84 Å². The zero-order chi connectivity index (χ0) is 20.1. The molecule has 0 fully saturated rings. The first-order valence-corrected chi connectivity index (χ1v) is 10.8. The summed E-state index contributed by atoms with van der Waals surface area (Å²) in [4.78, 5) is 9.50. The number of phenols is 1. The van der Waals surface area contributed by atoms with E-state index < -0.39 is 0 Å². The molecule has 6 rings (SSSR count). The lowest BCUT2D eigenvalue weighted by atomic mass is 10.1. The van der Waals surface area contributed by atoms with Crippen LogP contribution in [-0.4, -0.2) is 20.4 Å². The number of nitrogens with zero attached hydrogens (tertiary/aromatic N) is 2. The molecule has 1 N–H and O–H groups in total. The first-order chi connectivity index (χ1) is 14.7. The van der Waals surface area contributed by atoms with Crippen LogP contribution in [0.5, 0.6) is 17.4 Å². The summed E-state index contributed by atoms with van der Waals surface area (Å²) in [6, 6.07) is 25.9. The highest BCUT2D eigenvalue weighted by Gasteiger charge is 2.38. The molecule has 0 spiro atoms. The third kappa shape index (κ3) is 2.94. The average Bonchev–Trinajstić information content (AvgIpc) is 3.33. The molecule has 1 aliphatic carbocycles. The van der Waals surface area contributed by atoms with E-state index >= 15 is 0 Å². The SMILES string of the molecule is Oc1cccc2ccc(Oc3cccc(C4=N[C@H]5c6ccccc6C[C@@H]5S4)c3)nc12. The third-order valence-electron chi connectivity index (χ3n) is 5.64. The Morgan fingerprint density at radius 3 is 2.80 bits per heavy atom. The molecular formula is C25H18N2O2S.